The molecule has 2 aromatic rings. The number of nitrogens with zero attached hydrogens (tertiary/aromatic N) is 1. The van der Waals surface area contributed by atoms with Crippen LogP contribution >= 0.6 is 0 Å². The molecule has 202 valence electrons. The fourth-order valence-electron chi connectivity index (χ4n) is 4.02. The maximum absolute atomic E-state index is 14.0. The summed E-state index contributed by atoms with van der Waals surface area (Å²) in [5, 5.41) is 15.6. The van der Waals surface area contributed by atoms with E-state index in [1.165, 1.54) is 4.90 Å². The molecular formula is C29H41N3O5. The van der Waals surface area contributed by atoms with E-state index >= 15 is 0 Å². The van der Waals surface area contributed by atoms with Gasteiger partial charge in [0.25, 0.3) is 5.91 Å². The average molecular weight is 512 g/mol. The van der Waals surface area contributed by atoms with E-state index in [0.717, 1.165) is 16.7 Å². The molecule has 0 spiro atoms. The normalized spacial score (nSPS) is 13.0. The first kappa shape index (κ1) is 29.8. The van der Waals surface area contributed by atoms with Crippen molar-refractivity contribution in [3.63, 3.8) is 0 Å². The van der Waals surface area contributed by atoms with E-state index in [9.17, 15) is 19.5 Å². The molecule has 2 atom stereocenters. The predicted octanol–water partition coefficient (Wildman–Crippen LogP) is 4.66. The number of hydrogen-bond donors (Lipinski definition) is 3. The summed E-state index contributed by atoms with van der Waals surface area (Å²) >= 11 is 0. The van der Waals surface area contributed by atoms with E-state index in [4.69, 9.17) is 4.74 Å². The third-order valence-corrected chi connectivity index (χ3v) is 5.92. The Morgan fingerprint density at radius 1 is 1.00 bits per heavy atom. The van der Waals surface area contributed by atoms with Crippen molar-refractivity contribution in [2.45, 2.75) is 73.1 Å². The number of alkyl carbamates (subject to hydrolysis) is 1. The van der Waals surface area contributed by atoms with Gasteiger partial charge in [-0.2, -0.15) is 0 Å². The van der Waals surface area contributed by atoms with Gasteiger partial charge in [-0.1, -0.05) is 55.8 Å². The van der Waals surface area contributed by atoms with Crippen molar-refractivity contribution in [3.8, 4) is 0 Å². The van der Waals surface area contributed by atoms with Gasteiger partial charge < -0.3 is 25.4 Å². The molecular weight excluding hydrogens is 470 g/mol. The van der Waals surface area contributed by atoms with Crippen LogP contribution in [0.2, 0.25) is 0 Å². The number of aryl methyl sites for hydroxylation is 3. The van der Waals surface area contributed by atoms with Crippen LogP contribution in [-0.2, 0) is 14.3 Å². The second-order valence-electron chi connectivity index (χ2n) is 10.7. The molecule has 8 nitrogen and oxygen atoms in total. The molecule has 2 unspecified atom stereocenters. The number of nitrogens with one attached hydrogen (secondary N) is 2. The maximum Gasteiger partial charge on any atom is 0.408 e. The number of amides is 3. The molecule has 3 amide bonds. The molecule has 0 heterocycles. The third kappa shape index (κ3) is 8.32. The molecule has 8 heteroatoms. The molecule has 0 saturated carbocycles. The van der Waals surface area contributed by atoms with Gasteiger partial charge in [-0.15, -0.1) is 0 Å². The highest BCUT2D eigenvalue weighted by Gasteiger charge is 2.38. The largest absolute Gasteiger partial charge is 0.444 e. The molecule has 0 aliphatic rings. The molecule has 0 aromatic heterocycles. The topological polar surface area (TPSA) is 108 Å². The highest BCUT2D eigenvalue weighted by atomic mass is 16.6. The minimum atomic E-state index is -1.04. The van der Waals surface area contributed by atoms with Crippen molar-refractivity contribution in [2.75, 3.05) is 18.5 Å². The summed E-state index contributed by atoms with van der Waals surface area (Å²) in [4.78, 5) is 41.7. The van der Waals surface area contributed by atoms with E-state index in [1.807, 2.05) is 57.2 Å². The summed E-state index contributed by atoms with van der Waals surface area (Å²) in [6, 6.07) is 11.1. The standard InChI is InChI=1S/C29H41N3O5/c1-18(2)24(31-28(36)37-29(6,7)8)27(35)32(15-16-33)25(22-17-19(3)13-14-20(22)4)26(34)30-23-12-10-9-11-21(23)5/h9-14,17-18,24-25,33H,15-16H2,1-8H3,(H,30,34)(H,31,36). The minimum absolute atomic E-state index is 0.0999. The number of ether oxygens (including phenoxy) is 1. The van der Waals surface area contributed by atoms with Crippen LogP contribution in [0.1, 0.15) is 62.9 Å². The molecule has 3 N–H and O–H groups in total. The molecule has 37 heavy (non-hydrogen) atoms. The first-order valence-electron chi connectivity index (χ1n) is 12.6. The maximum atomic E-state index is 14.0. The number of anilines is 1. The van der Waals surface area contributed by atoms with Crippen LogP contribution in [-0.4, -0.2) is 52.7 Å². The number of rotatable bonds is 9. The van der Waals surface area contributed by atoms with Gasteiger partial charge in [0.2, 0.25) is 5.91 Å². The molecule has 0 saturated heterocycles. The number of carbonyl (C=O) groups is 3. The number of aliphatic hydroxyl groups excluding tert-OH is 1. The number of carbonyl (C=O) groups excluding carboxylic acids is 3. The molecule has 0 aliphatic carbocycles. The Morgan fingerprint density at radius 3 is 2.22 bits per heavy atom. The van der Waals surface area contributed by atoms with Crippen molar-refractivity contribution >= 4 is 23.6 Å². The van der Waals surface area contributed by atoms with Crippen LogP contribution in [0, 0.1) is 26.7 Å². The lowest BCUT2D eigenvalue weighted by Crippen LogP contribution is -2.55. The van der Waals surface area contributed by atoms with Crippen molar-refractivity contribution in [1.82, 2.24) is 10.2 Å². The summed E-state index contributed by atoms with van der Waals surface area (Å²) in [6.45, 7) is 14.0. The number of para-hydroxylation sites is 1. The zero-order valence-electron chi connectivity index (χ0n) is 23.2. The zero-order valence-corrected chi connectivity index (χ0v) is 23.2. The summed E-state index contributed by atoms with van der Waals surface area (Å²) in [5.74, 6) is -1.20. The van der Waals surface area contributed by atoms with E-state index in [2.05, 4.69) is 10.6 Å². The van der Waals surface area contributed by atoms with Gasteiger partial charge in [-0.3, -0.25) is 9.59 Å². The van der Waals surface area contributed by atoms with E-state index in [0.29, 0.717) is 11.3 Å². The molecule has 2 rings (SSSR count). The Bertz CT molecular complexity index is 1110. The lowest BCUT2D eigenvalue weighted by atomic mass is 9.94. The lowest BCUT2D eigenvalue weighted by molar-refractivity contribution is -0.142. The lowest BCUT2D eigenvalue weighted by Gasteiger charge is -2.36. The summed E-state index contributed by atoms with van der Waals surface area (Å²) < 4.78 is 5.38. The predicted molar refractivity (Wildman–Crippen MR) is 145 cm³/mol. The van der Waals surface area contributed by atoms with E-state index in [1.54, 1.807) is 40.7 Å². The first-order valence-corrected chi connectivity index (χ1v) is 12.6. The number of benzene rings is 2. The molecule has 2 aromatic carbocycles. The van der Waals surface area contributed by atoms with Crippen LogP contribution in [0.25, 0.3) is 0 Å². The highest BCUT2D eigenvalue weighted by molar-refractivity contribution is 5.99. The SMILES string of the molecule is Cc1ccc(C)c(C(C(=O)Nc2ccccc2C)N(CCO)C(=O)C(NC(=O)OC(C)(C)C)C(C)C)c1. The van der Waals surface area contributed by atoms with Crippen molar-refractivity contribution < 1.29 is 24.2 Å². The van der Waals surface area contributed by atoms with Crippen LogP contribution < -0.4 is 10.6 Å². The Kier molecular flexibility index (Phi) is 10.3. The average Bonchev–Trinajstić information content (AvgIpc) is 2.79. The molecule has 0 radical (unpaired) electrons. The Morgan fingerprint density at radius 2 is 1.65 bits per heavy atom. The summed E-state index contributed by atoms with van der Waals surface area (Å²) in [6.07, 6.45) is -0.726. The summed E-state index contributed by atoms with van der Waals surface area (Å²) in [5.41, 5.74) is 3.17. The Labute approximate surface area is 220 Å². The highest BCUT2D eigenvalue weighted by Crippen LogP contribution is 2.29. The van der Waals surface area contributed by atoms with E-state index in [-0.39, 0.29) is 19.1 Å². The Balaban J connectivity index is 2.56. The second-order valence-corrected chi connectivity index (χ2v) is 10.7. The van der Waals surface area contributed by atoms with Gasteiger partial charge in [-0.25, -0.2) is 4.79 Å². The first-order chi connectivity index (χ1) is 17.2. The van der Waals surface area contributed by atoms with Gasteiger partial charge in [0.15, 0.2) is 0 Å². The van der Waals surface area contributed by atoms with Crippen LogP contribution in [0.5, 0.6) is 0 Å². The van der Waals surface area contributed by atoms with Gasteiger partial charge in [0.1, 0.15) is 17.7 Å². The smallest absolute Gasteiger partial charge is 0.408 e. The molecule has 0 aliphatic heterocycles. The fraction of sp³-hybridized carbons (Fsp3) is 0.483. The minimum Gasteiger partial charge on any atom is -0.444 e. The Hall–Kier alpha value is -3.39. The quantitative estimate of drug-likeness (QED) is 0.454. The molecule has 0 bridgehead atoms. The number of aliphatic hydroxyl groups is 1. The summed E-state index contributed by atoms with van der Waals surface area (Å²) in [7, 11) is 0. The second kappa shape index (κ2) is 12.7. The van der Waals surface area contributed by atoms with Crippen LogP contribution in [0.3, 0.4) is 0 Å². The third-order valence-electron chi connectivity index (χ3n) is 5.92. The monoisotopic (exact) mass is 511 g/mol. The van der Waals surface area contributed by atoms with E-state index < -0.39 is 35.6 Å². The van der Waals surface area contributed by atoms with Gasteiger partial charge >= 0.3 is 6.09 Å². The van der Waals surface area contributed by atoms with Gasteiger partial charge in [0, 0.05) is 12.2 Å². The molecule has 0 fully saturated rings. The van der Waals surface area contributed by atoms with Crippen molar-refractivity contribution in [2.24, 2.45) is 5.92 Å². The van der Waals surface area contributed by atoms with Crippen molar-refractivity contribution in [1.29, 1.82) is 0 Å². The van der Waals surface area contributed by atoms with Crippen LogP contribution in [0.4, 0.5) is 10.5 Å². The zero-order chi connectivity index (χ0) is 27.9. The van der Waals surface area contributed by atoms with Gasteiger partial charge in [0.05, 0.1) is 6.61 Å². The van der Waals surface area contributed by atoms with Crippen molar-refractivity contribution in [3.05, 3.63) is 64.7 Å². The van der Waals surface area contributed by atoms with Gasteiger partial charge in [-0.05, 0) is 70.2 Å². The fourth-order valence-corrected chi connectivity index (χ4v) is 4.02. The van der Waals surface area contributed by atoms with Crippen LogP contribution in [0.15, 0.2) is 42.5 Å². The number of hydrogen-bond acceptors (Lipinski definition) is 5.